The second kappa shape index (κ2) is 7.49. The zero-order valence-electron chi connectivity index (χ0n) is 13.9. The van der Waals surface area contributed by atoms with Crippen LogP contribution in [-0.4, -0.2) is 23.4 Å². The standard InChI is InChI=1S/C20H20N2O3/c1-2-7-15(8-3-1)13-24-18-11-5-4-10-17(18)19-21-20(25-22-19)16-9-6-12-23-14-16/h1-5,7-8,10-11,16H,6,9,12-14H2. The fourth-order valence-corrected chi connectivity index (χ4v) is 2.96. The van der Waals surface area contributed by atoms with Crippen molar-refractivity contribution in [2.45, 2.75) is 25.4 Å². The van der Waals surface area contributed by atoms with Crippen LogP contribution in [0.15, 0.2) is 59.1 Å². The predicted molar refractivity (Wildman–Crippen MR) is 93.3 cm³/mol. The van der Waals surface area contributed by atoms with Crippen LogP contribution in [0.2, 0.25) is 0 Å². The van der Waals surface area contributed by atoms with Crippen molar-refractivity contribution in [1.29, 1.82) is 0 Å². The smallest absolute Gasteiger partial charge is 0.232 e. The van der Waals surface area contributed by atoms with E-state index in [4.69, 9.17) is 14.0 Å². The molecule has 4 rings (SSSR count). The van der Waals surface area contributed by atoms with E-state index in [1.165, 1.54) is 0 Å². The molecule has 1 saturated heterocycles. The van der Waals surface area contributed by atoms with Crippen LogP contribution < -0.4 is 4.74 Å². The molecule has 0 N–H and O–H groups in total. The van der Waals surface area contributed by atoms with E-state index in [0.717, 1.165) is 36.3 Å². The molecule has 0 amide bonds. The molecule has 0 radical (unpaired) electrons. The van der Waals surface area contributed by atoms with Crippen LogP contribution in [0.3, 0.4) is 0 Å². The number of hydrogen-bond acceptors (Lipinski definition) is 5. The van der Waals surface area contributed by atoms with Gasteiger partial charge < -0.3 is 14.0 Å². The second-order valence-corrected chi connectivity index (χ2v) is 6.14. The first-order valence-electron chi connectivity index (χ1n) is 8.57. The molecule has 1 aromatic heterocycles. The minimum Gasteiger partial charge on any atom is -0.488 e. The molecular formula is C20H20N2O3. The summed E-state index contributed by atoms with van der Waals surface area (Å²) in [6.07, 6.45) is 2.05. The molecule has 1 fully saturated rings. The summed E-state index contributed by atoms with van der Waals surface area (Å²) in [4.78, 5) is 4.58. The number of para-hydroxylation sites is 1. The van der Waals surface area contributed by atoms with Gasteiger partial charge in [0.05, 0.1) is 18.1 Å². The molecule has 2 aromatic carbocycles. The van der Waals surface area contributed by atoms with Gasteiger partial charge in [0.1, 0.15) is 12.4 Å². The Bertz CT molecular complexity index is 811. The van der Waals surface area contributed by atoms with Gasteiger partial charge >= 0.3 is 0 Å². The Morgan fingerprint density at radius 1 is 1.04 bits per heavy atom. The number of nitrogens with zero attached hydrogens (tertiary/aromatic N) is 2. The zero-order valence-corrected chi connectivity index (χ0v) is 13.9. The summed E-state index contributed by atoms with van der Waals surface area (Å²) in [6.45, 7) is 1.96. The Hall–Kier alpha value is -2.66. The van der Waals surface area contributed by atoms with Crippen LogP contribution in [0.5, 0.6) is 5.75 Å². The molecule has 1 aliphatic heterocycles. The van der Waals surface area contributed by atoms with Crippen LogP contribution in [0.25, 0.3) is 11.4 Å². The van der Waals surface area contributed by atoms with E-state index in [9.17, 15) is 0 Å². The van der Waals surface area contributed by atoms with Gasteiger partial charge in [0.25, 0.3) is 0 Å². The van der Waals surface area contributed by atoms with Crippen molar-refractivity contribution in [2.75, 3.05) is 13.2 Å². The van der Waals surface area contributed by atoms with E-state index < -0.39 is 0 Å². The average molecular weight is 336 g/mol. The first-order valence-corrected chi connectivity index (χ1v) is 8.57. The lowest BCUT2D eigenvalue weighted by molar-refractivity contribution is 0.0705. The van der Waals surface area contributed by atoms with E-state index in [1.54, 1.807) is 0 Å². The second-order valence-electron chi connectivity index (χ2n) is 6.14. The van der Waals surface area contributed by atoms with E-state index >= 15 is 0 Å². The minimum absolute atomic E-state index is 0.187. The quantitative estimate of drug-likeness (QED) is 0.698. The topological polar surface area (TPSA) is 57.4 Å². The van der Waals surface area contributed by atoms with E-state index in [2.05, 4.69) is 10.1 Å². The Kier molecular flexibility index (Phi) is 4.74. The van der Waals surface area contributed by atoms with Gasteiger partial charge in [-0.2, -0.15) is 4.98 Å². The number of ether oxygens (including phenoxy) is 2. The van der Waals surface area contributed by atoms with Gasteiger partial charge in [-0.05, 0) is 30.5 Å². The number of hydrogen-bond donors (Lipinski definition) is 0. The van der Waals surface area contributed by atoms with Crippen LogP contribution >= 0.6 is 0 Å². The molecule has 5 nitrogen and oxygen atoms in total. The fraction of sp³-hybridized carbons (Fsp3) is 0.300. The third-order valence-corrected chi connectivity index (χ3v) is 4.32. The Morgan fingerprint density at radius 3 is 2.72 bits per heavy atom. The molecular weight excluding hydrogens is 316 g/mol. The lowest BCUT2D eigenvalue weighted by Crippen LogP contribution is -2.15. The first-order chi connectivity index (χ1) is 12.4. The highest BCUT2D eigenvalue weighted by atomic mass is 16.5. The maximum Gasteiger partial charge on any atom is 0.232 e. The molecule has 1 atom stereocenters. The highest BCUT2D eigenvalue weighted by Gasteiger charge is 2.23. The van der Waals surface area contributed by atoms with Gasteiger partial charge in [-0.1, -0.05) is 47.6 Å². The maximum absolute atomic E-state index is 5.99. The van der Waals surface area contributed by atoms with Crippen molar-refractivity contribution in [3.05, 3.63) is 66.1 Å². The fourth-order valence-electron chi connectivity index (χ4n) is 2.96. The zero-order chi connectivity index (χ0) is 16.9. The van der Waals surface area contributed by atoms with Crippen molar-refractivity contribution in [3.63, 3.8) is 0 Å². The van der Waals surface area contributed by atoms with E-state index in [-0.39, 0.29) is 5.92 Å². The normalized spacial score (nSPS) is 17.4. The molecule has 2 heterocycles. The van der Waals surface area contributed by atoms with Crippen molar-refractivity contribution < 1.29 is 14.0 Å². The lowest BCUT2D eigenvalue weighted by Gasteiger charge is -2.18. The highest BCUT2D eigenvalue weighted by Crippen LogP contribution is 2.31. The van der Waals surface area contributed by atoms with Gasteiger partial charge in [-0.15, -0.1) is 0 Å². The Morgan fingerprint density at radius 2 is 1.88 bits per heavy atom. The van der Waals surface area contributed by atoms with Crippen molar-refractivity contribution in [1.82, 2.24) is 10.1 Å². The Labute approximate surface area is 146 Å². The summed E-state index contributed by atoms with van der Waals surface area (Å²) in [5, 5.41) is 4.16. The van der Waals surface area contributed by atoms with Crippen molar-refractivity contribution in [2.24, 2.45) is 0 Å². The van der Waals surface area contributed by atoms with Gasteiger partial charge in [-0.3, -0.25) is 0 Å². The lowest BCUT2D eigenvalue weighted by atomic mass is 10.0. The summed E-state index contributed by atoms with van der Waals surface area (Å²) in [5.41, 5.74) is 1.95. The molecule has 128 valence electrons. The van der Waals surface area contributed by atoms with Crippen LogP contribution in [0.4, 0.5) is 0 Å². The van der Waals surface area contributed by atoms with Crippen LogP contribution in [-0.2, 0) is 11.3 Å². The summed E-state index contributed by atoms with van der Waals surface area (Å²) in [5.74, 6) is 2.14. The van der Waals surface area contributed by atoms with E-state index in [0.29, 0.717) is 24.9 Å². The molecule has 3 aromatic rings. The monoisotopic (exact) mass is 336 g/mol. The van der Waals surface area contributed by atoms with Crippen LogP contribution in [0, 0.1) is 0 Å². The van der Waals surface area contributed by atoms with Gasteiger partial charge in [0.15, 0.2) is 0 Å². The molecule has 0 bridgehead atoms. The SMILES string of the molecule is c1ccc(COc2ccccc2-c2noc(C3CCCOC3)n2)cc1. The highest BCUT2D eigenvalue weighted by molar-refractivity contribution is 5.63. The molecule has 0 spiro atoms. The van der Waals surface area contributed by atoms with E-state index in [1.807, 2.05) is 54.6 Å². The van der Waals surface area contributed by atoms with Crippen LogP contribution in [0.1, 0.15) is 30.2 Å². The van der Waals surface area contributed by atoms with Crippen molar-refractivity contribution >= 4 is 0 Å². The molecule has 5 heteroatoms. The molecule has 0 aliphatic carbocycles. The molecule has 1 aliphatic rings. The average Bonchev–Trinajstić information content (AvgIpc) is 3.18. The molecule has 1 unspecified atom stereocenters. The summed E-state index contributed by atoms with van der Waals surface area (Å²) in [6, 6.07) is 17.8. The molecule has 0 saturated carbocycles. The number of aromatic nitrogens is 2. The number of benzene rings is 2. The third kappa shape index (κ3) is 3.72. The third-order valence-electron chi connectivity index (χ3n) is 4.32. The van der Waals surface area contributed by atoms with Crippen molar-refractivity contribution in [3.8, 4) is 17.1 Å². The first kappa shape index (κ1) is 15.8. The Balaban J connectivity index is 1.53. The predicted octanol–water partition coefficient (Wildman–Crippen LogP) is 4.21. The summed E-state index contributed by atoms with van der Waals surface area (Å²) < 4.78 is 17.0. The van der Waals surface area contributed by atoms with Gasteiger partial charge in [0.2, 0.25) is 11.7 Å². The maximum atomic E-state index is 5.99. The molecule has 25 heavy (non-hydrogen) atoms. The van der Waals surface area contributed by atoms with Gasteiger partial charge in [-0.25, -0.2) is 0 Å². The summed E-state index contributed by atoms with van der Waals surface area (Å²) in [7, 11) is 0. The summed E-state index contributed by atoms with van der Waals surface area (Å²) >= 11 is 0. The number of rotatable bonds is 5. The minimum atomic E-state index is 0.187. The largest absolute Gasteiger partial charge is 0.488 e. The van der Waals surface area contributed by atoms with Gasteiger partial charge in [0, 0.05) is 6.61 Å².